The van der Waals surface area contributed by atoms with Gasteiger partial charge in [0.2, 0.25) is 0 Å². The van der Waals surface area contributed by atoms with E-state index in [-0.39, 0.29) is 0 Å². The smallest absolute Gasteiger partial charge is 0.117 e. The fraction of sp³-hybridized carbons (Fsp3) is 0.667. The summed E-state index contributed by atoms with van der Waals surface area (Å²) >= 11 is 0. The van der Waals surface area contributed by atoms with E-state index in [4.69, 9.17) is 10.00 Å². The van der Waals surface area contributed by atoms with Crippen molar-refractivity contribution in [2.24, 2.45) is 0 Å². The fourth-order valence-electron chi connectivity index (χ4n) is 1.11. The maximum absolute atomic E-state index is 8.80. The van der Waals surface area contributed by atoms with Crippen molar-refractivity contribution in [3.05, 3.63) is 11.8 Å². The van der Waals surface area contributed by atoms with E-state index in [2.05, 4.69) is 6.07 Å². The quantitative estimate of drug-likeness (QED) is 0.590. The number of hydrogen-bond donors (Lipinski definition) is 0. The van der Waals surface area contributed by atoms with Gasteiger partial charge in [0.05, 0.1) is 19.3 Å². The van der Waals surface area contributed by atoms with Crippen molar-refractivity contribution in [1.29, 1.82) is 5.26 Å². The van der Waals surface area contributed by atoms with Crippen LogP contribution in [0.5, 0.6) is 0 Å². The van der Waals surface area contributed by atoms with Gasteiger partial charge in [-0.05, 0) is 6.42 Å². The van der Waals surface area contributed by atoms with Crippen LogP contribution in [0.25, 0.3) is 0 Å². The molecule has 0 aromatic heterocycles. The molecule has 1 aliphatic rings. The van der Waals surface area contributed by atoms with Gasteiger partial charge in [0.15, 0.2) is 0 Å². The number of nitrogens with zero attached hydrogens (tertiary/aromatic N) is 2. The van der Waals surface area contributed by atoms with Crippen LogP contribution in [-0.2, 0) is 4.74 Å². The Hall–Kier alpha value is -1.01. The first-order valence-electron chi connectivity index (χ1n) is 4.20. The van der Waals surface area contributed by atoms with E-state index in [1.807, 2.05) is 24.9 Å². The minimum atomic E-state index is 0.405. The van der Waals surface area contributed by atoms with Crippen LogP contribution < -0.4 is 0 Å². The molecule has 1 rings (SSSR count). The number of rotatable bonds is 3. The lowest BCUT2D eigenvalue weighted by Gasteiger charge is -2.35. The summed E-state index contributed by atoms with van der Waals surface area (Å²) < 4.78 is 5.05. The van der Waals surface area contributed by atoms with Crippen LogP contribution in [0.15, 0.2) is 11.8 Å². The molecule has 3 heteroatoms. The van der Waals surface area contributed by atoms with Gasteiger partial charge >= 0.3 is 0 Å². The Kier molecular flexibility index (Phi) is 3.12. The average Bonchev–Trinajstić information content (AvgIpc) is 1.96. The first-order valence-corrected chi connectivity index (χ1v) is 4.20. The summed E-state index contributed by atoms with van der Waals surface area (Å²) in [5.74, 6) is 0. The molecule has 3 nitrogen and oxygen atoms in total. The van der Waals surface area contributed by atoms with Gasteiger partial charge in [-0.15, -0.1) is 0 Å². The molecular formula is C9H14N2O. The van der Waals surface area contributed by atoms with Crippen LogP contribution in [0.1, 0.15) is 13.3 Å². The molecule has 1 saturated heterocycles. The summed E-state index contributed by atoms with van der Waals surface area (Å²) in [6, 6.07) is 2.59. The van der Waals surface area contributed by atoms with Crippen LogP contribution in [0.2, 0.25) is 0 Å². The Morgan fingerprint density at radius 1 is 1.75 bits per heavy atom. The van der Waals surface area contributed by atoms with Gasteiger partial charge in [-0.25, -0.2) is 0 Å². The van der Waals surface area contributed by atoms with E-state index in [0.717, 1.165) is 25.3 Å². The van der Waals surface area contributed by atoms with E-state index in [1.165, 1.54) is 0 Å². The summed E-state index contributed by atoms with van der Waals surface area (Å²) in [6.07, 6.45) is 2.85. The number of allylic oxidation sites excluding steroid dienone is 2. The molecular weight excluding hydrogens is 152 g/mol. The normalized spacial score (nSPS) is 18.2. The predicted molar refractivity (Wildman–Crippen MR) is 46.4 cm³/mol. The van der Waals surface area contributed by atoms with Crippen LogP contribution in [-0.4, -0.2) is 31.2 Å². The molecule has 0 aromatic rings. The molecule has 12 heavy (non-hydrogen) atoms. The third-order valence-electron chi connectivity index (χ3n) is 2.06. The molecule has 1 fully saturated rings. The lowest BCUT2D eigenvalue weighted by atomic mass is 10.2. The lowest BCUT2D eigenvalue weighted by molar-refractivity contribution is -0.0437. The molecule has 0 radical (unpaired) electrons. The van der Waals surface area contributed by atoms with Gasteiger partial charge in [0, 0.05) is 7.05 Å². The number of likely N-dealkylation sites (N-methyl/N-ethyl adjacent to an activating group) is 1. The Balaban J connectivity index is 2.53. The SMILES string of the molecule is CCC=C(C#N)N(C)C1COC1. The van der Waals surface area contributed by atoms with Crippen molar-refractivity contribution in [3.8, 4) is 6.07 Å². The van der Waals surface area contributed by atoms with Crippen molar-refractivity contribution in [3.63, 3.8) is 0 Å². The first kappa shape index (κ1) is 9.08. The summed E-state index contributed by atoms with van der Waals surface area (Å²) in [6.45, 7) is 3.53. The summed E-state index contributed by atoms with van der Waals surface area (Å²) in [5, 5.41) is 8.80. The van der Waals surface area contributed by atoms with Gasteiger partial charge in [0.25, 0.3) is 0 Å². The van der Waals surface area contributed by atoms with Crippen LogP contribution in [0, 0.1) is 11.3 Å². The summed E-state index contributed by atoms with van der Waals surface area (Å²) in [7, 11) is 1.94. The van der Waals surface area contributed by atoms with E-state index >= 15 is 0 Å². The molecule has 1 heterocycles. The lowest BCUT2D eigenvalue weighted by Crippen LogP contribution is -2.46. The van der Waals surface area contributed by atoms with Gasteiger partial charge < -0.3 is 9.64 Å². The molecule has 66 valence electrons. The molecule has 1 aliphatic heterocycles. The van der Waals surface area contributed by atoms with Gasteiger partial charge in [-0.1, -0.05) is 13.0 Å². The van der Waals surface area contributed by atoms with Gasteiger partial charge in [-0.2, -0.15) is 5.26 Å². The second kappa shape index (κ2) is 4.13. The molecule has 0 saturated carbocycles. The number of hydrogen-bond acceptors (Lipinski definition) is 3. The maximum Gasteiger partial charge on any atom is 0.117 e. The average molecular weight is 166 g/mol. The monoisotopic (exact) mass is 166 g/mol. The maximum atomic E-state index is 8.80. The third kappa shape index (κ3) is 1.77. The molecule has 0 N–H and O–H groups in total. The molecule has 0 amide bonds. The van der Waals surface area contributed by atoms with Crippen molar-refractivity contribution >= 4 is 0 Å². The second-order valence-electron chi connectivity index (χ2n) is 2.91. The van der Waals surface area contributed by atoms with Gasteiger partial charge in [0.1, 0.15) is 11.8 Å². The van der Waals surface area contributed by atoms with Crippen LogP contribution >= 0.6 is 0 Å². The van der Waals surface area contributed by atoms with Crippen molar-refractivity contribution < 1.29 is 4.74 Å². The highest BCUT2D eigenvalue weighted by Gasteiger charge is 2.24. The first-order chi connectivity index (χ1) is 5.79. The largest absolute Gasteiger partial charge is 0.377 e. The van der Waals surface area contributed by atoms with E-state index < -0.39 is 0 Å². The van der Waals surface area contributed by atoms with E-state index in [0.29, 0.717) is 6.04 Å². The van der Waals surface area contributed by atoms with Crippen molar-refractivity contribution in [2.75, 3.05) is 20.3 Å². The highest BCUT2D eigenvalue weighted by Crippen LogP contribution is 2.13. The second-order valence-corrected chi connectivity index (χ2v) is 2.91. The number of ether oxygens (including phenoxy) is 1. The van der Waals surface area contributed by atoms with Crippen molar-refractivity contribution in [1.82, 2.24) is 4.90 Å². The van der Waals surface area contributed by atoms with E-state index in [9.17, 15) is 0 Å². The fourth-order valence-corrected chi connectivity index (χ4v) is 1.11. The topological polar surface area (TPSA) is 36.3 Å². The Labute approximate surface area is 73.2 Å². The minimum Gasteiger partial charge on any atom is -0.377 e. The van der Waals surface area contributed by atoms with Crippen molar-refractivity contribution in [2.45, 2.75) is 19.4 Å². The highest BCUT2D eigenvalue weighted by molar-refractivity contribution is 5.19. The Morgan fingerprint density at radius 2 is 2.42 bits per heavy atom. The third-order valence-corrected chi connectivity index (χ3v) is 2.06. The molecule has 0 aromatic carbocycles. The Bertz CT molecular complexity index is 213. The van der Waals surface area contributed by atoms with Crippen LogP contribution in [0.3, 0.4) is 0 Å². The molecule has 0 aliphatic carbocycles. The highest BCUT2D eigenvalue weighted by atomic mass is 16.5. The number of nitriles is 1. The van der Waals surface area contributed by atoms with Crippen LogP contribution in [0.4, 0.5) is 0 Å². The molecule has 0 spiro atoms. The standard InChI is InChI=1S/C9H14N2O/c1-3-4-8(5-10)11(2)9-6-12-7-9/h4,9H,3,6-7H2,1-2H3. The summed E-state index contributed by atoms with van der Waals surface area (Å²) in [5.41, 5.74) is 0.755. The molecule has 0 bridgehead atoms. The van der Waals surface area contributed by atoms with E-state index in [1.54, 1.807) is 0 Å². The minimum absolute atomic E-state index is 0.405. The zero-order valence-corrected chi connectivity index (χ0v) is 7.58. The molecule has 0 unspecified atom stereocenters. The zero-order valence-electron chi connectivity index (χ0n) is 7.58. The summed E-state index contributed by atoms with van der Waals surface area (Å²) in [4.78, 5) is 1.99. The zero-order chi connectivity index (χ0) is 8.97. The predicted octanol–water partition coefficient (Wildman–Crippen LogP) is 1.13. The Morgan fingerprint density at radius 3 is 2.75 bits per heavy atom. The molecule has 0 atom stereocenters. The van der Waals surface area contributed by atoms with Gasteiger partial charge in [-0.3, -0.25) is 0 Å².